The van der Waals surface area contributed by atoms with Crippen LogP contribution in [0.5, 0.6) is 0 Å². The fourth-order valence-corrected chi connectivity index (χ4v) is 3.30. The number of hydrogen-bond acceptors (Lipinski definition) is 5. The summed E-state index contributed by atoms with van der Waals surface area (Å²) in [5.74, 6) is 1.15. The lowest BCUT2D eigenvalue weighted by molar-refractivity contribution is -0.119. The van der Waals surface area contributed by atoms with Crippen LogP contribution < -0.4 is 5.32 Å². The largest absolute Gasteiger partial charge is 0.384 e. The standard InChI is InChI=1S/C21H25N3O2/c1-3-22-21-20-13-23-18(9-16(20)12-24-21)11-19(25)10-17(14-26-2)15-7-5-4-6-8-15/h4-9,13,17H,3,10-12,14H2,1-2H3,(H,22,24)/t17-/m1/s1. The van der Waals surface area contributed by atoms with E-state index in [2.05, 4.69) is 15.3 Å². The number of aliphatic imine (C=N–C) groups is 1. The van der Waals surface area contributed by atoms with Gasteiger partial charge in [0, 0.05) is 49.9 Å². The fourth-order valence-electron chi connectivity index (χ4n) is 3.30. The Morgan fingerprint density at radius 1 is 1.31 bits per heavy atom. The molecule has 5 nitrogen and oxygen atoms in total. The molecule has 0 aliphatic carbocycles. The summed E-state index contributed by atoms with van der Waals surface area (Å²) in [5, 5.41) is 3.25. The van der Waals surface area contributed by atoms with Gasteiger partial charge in [0.2, 0.25) is 0 Å². The molecule has 2 heterocycles. The van der Waals surface area contributed by atoms with Gasteiger partial charge < -0.3 is 10.1 Å². The monoisotopic (exact) mass is 351 g/mol. The molecular formula is C21H25N3O2. The molecule has 0 amide bonds. The van der Waals surface area contributed by atoms with Crippen LogP contribution in [-0.2, 0) is 22.5 Å². The number of nitrogens with zero attached hydrogens (tertiary/aromatic N) is 2. The maximum Gasteiger partial charge on any atom is 0.139 e. The first-order valence-electron chi connectivity index (χ1n) is 9.03. The maximum atomic E-state index is 12.6. The van der Waals surface area contributed by atoms with Crippen LogP contribution in [-0.4, -0.2) is 36.9 Å². The van der Waals surface area contributed by atoms with Crippen molar-refractivity contribution in [2.24, 2.45) is 4.99 Å². The lowest BCUT2D eigenvalue weighted by Crippen LogP contribution is -2.22. The number of Topliss-reactive ketones (excluding diaryl/α,β-unsaturated/α-hetero) is 1. The lowest BCUT2D eigenvalue weighted by atomic mass is 9.93. The number of methoxy groups -OCH3 is 1. The molecule has 0 spiro atoms. The number of amidine groups is 1. The number of pyridine rings is 1. The van der Waals surface area contributed by atoms with Gasteiger partial charge in [0.1, 0.15) is 11.6 Å². The molecule has 0 unspecified atom stereocenters. The molecule has 0 bridgehead atoms. The second-order valence-corrected chi connectivity index (χ2v) is 6.51. The molecule has 0 saturated heterocycles. The van der Waals surface area contributed by atoms with Gasteiger partial charge in [-0.25, -0.2) is 0 Å². The molecule has 136 valence electrons. The number of carbonyl (C=O) groups excluding carboxylic acids is 1. The molecule has 2 aromatic rings. The molecule has 1 N–H and O–H groups in total. The summed E-state index contributed by atoms with van der Waals surface area (Å²) in [7, 11) is 1.67. The number of ether oxygens (including phenoxy) is 1. The van der Waals surface area contributed by atoms with Crippen LogP contribution in [0.2, 0.25) is 0 Å². The first kappa shape index (κ1) is 18.3. The summed E-state index contributed by atoms with van der Waals surface area (Å²) in [6.45, 7) is 4.06. The Balaban J connectivity index is 1.65. The predicted molar refractivity (Wildman–Crippen MR) is 103 cm³/mol. The minimum absolute atomic E-state index is 0.0758. The van der Waals surface area contributed by atoms with Crippen LogP contribution in [0, 0.1) is 0 Å². The van der Waals surface area contributed by atoms with E-state index in [1.165, 1.54) is 0 Å². The molecule has 26 heavy (non-hydrogen) atoms. The normalized spacial score (nSPS) is 13.8. The van der Waals surface area contributed by atoms with E-state index in [1.807, 2.05) is 49.5 Å². The summed E-state index contributed by atoms with van der Waals surface area (Å²) >= 11 is 0. The van der Waals surface area contributed by atoms with Gasteiger partial charge in [0.25, 0.3) is 0 Å². The van der Waals surface area contributed by atoms with E-state index < -0.39 is 0 Å². The van der Waals surface area contributed by atoms with Crippen molar-refractivity contribution in [1.29, 1.82) is 0 Å². The molecule has 0 saturated carbocycles. The number of fused-ring (bicyclic) bond motifs is 1. The zero-order valence-corrected chi connectivity index (χ0v) is 15.4. The summed E-state index contributed by atoms with van der Waals surface area (Å²) in [4.78, 5) is 21.6. The van der Waals surface area contributed by atoms with Gasteiger partial charge in [0.05, 0.1) is 13.2 Å². The van der Waals surface area contributed by atoms with Gasteiger partial charge in [-0.15, -0.1) is 0 Å². The molecule has 0 radical (unpaired) electrons. The Morgan fingerprint density at radius 3 is 2.85 bits per heavy atom. The minimum atomic E-state index is 0.0758. The van der Waals surface area contributed by atoms with Crippen LogP contribution in [0.1, 0.15) is 41.6 Å². The van der Waals surface area contributed by atoms with Crippen molar-refractivity contribution in [2.45, 2.75) is 32.2 Å². The van der Waals surface area contributed by atoms with Crippen LogP contribution in [0.4, 0.5) is 0 Å². The molecule has 1 aromatic heterocycles. The third kappa shape index (κ3) is 4.35. The van der Waals surface area contributed by atoms with Gasteiger partial charge in [-0.3, -0.25) is 14.8 Å². The Bertz CT molecular complexity index is 787. The number of nitrogens with one attached hydrogen (secondary N) is 1. The van der Waals surface area contributed by atoms with Crippen molar-refractivity contribution < 1.29 is 9.53 Å². The Labute approximate surface area is 154 Å². The van der Waals surface area contributed by atoms with Crippen LogP contribution in [0.15, 0.2) is 47.6 Å². The zero-order chi connectivity index (χ0) is 18.4. The van der Waals surface area contributed by atoms with Crippen LogP contribution in [0.25, 0.3) is 0 Å². The number of rotatable bonds is 8. The minimum Gasteiger partial charge on any atom is -0.384 e. The quantitative estimate of drug-likeness (QED) is 0.794. The first-order valence-corrected chi connectivity index (χ1v) is 9.03. The molecule has 1 aromatic carbocycles. The van der Waals surface area contributed by atoms with Gasteiger partial charge in [0.15, 0.2) is 0 Å². The Morgan fingerprint density at radius 2 is 2.12 bits per heavy atom. The van der Waals surface area contributed by atoms with Crippen molar-refractivity contribution >= 4 is 11.6 Å². The number of hydrogen-bond donors (Lipinski definition) is 1. The summed E-state index contributed by atoms with van der Waals surface area (Å²) in [6, 6.07) is 12.1. The van der Waals surface area contributed by atoms with Gasteiger partial charge in [-0.1, -0.05) is 30.3 Å². The number of benzene rings is 1. The van der Waals surface area contributed by atoms with Crippen LogP contribution >= 0.6 is 0 Å². The lowest BCUT2D eigenvalue weighted by Gasteiger charge is -2.15. The van der Waals surface area contributed by atoms with Crippen molar-refractivity contribution in [3.05, 3.63) is 65.0 Å². The highest BCUT2D eigenvalue weighted by Crippen LogP contribution is 2.22. The summed E-state index contributed by atoms with van der Waals surface area (Å²) < 4.78 is 5.31. The molecule has 1 atom stereocenters. The average molecular weight is 351 g/mol. The van der Waals surface area contributed by atoms with Crippen LogP contribution in [0.3, 0.4) is 0 Å². The topological polar surface area (TPSA) is 63.6 Å². The van der Waals surface area contributed by atoms with E-state index in [9.17, 15) is 4.79 Å². The van der Waals surface area contributed by atoms with Crippen molar-refractivity contribution in [1.82, 2.24) is 10.3 Å². The summed E-state index contributed by atoms with van der Waals surface area (Å²) in [6.07, 6.45) is 2.63. The third-order valence-corrected chi connectivity index (χ3v) is 4.54. The van der Waals surface area contributed by atoms with Crippen molar-refractivity contribution in [2.75, 3.05) is 20.3 Å². The second kappa shape index (κ2) is 8.72. The SMILES string of the molecule is CCNC1=NCc2cc(CC(=O)C[C@H](COC)c3ccccc3)ncc21. The van der Waals surface area contributed by atoms with E-state index in [0.717, 1.165) is 34.8 Å². The average Bonchev–Trinajstić information content (AvgIpc) is 3.05. The van der Waals surface area contributed by atoms with E-state index in [4.69, 9.17) is 4.74 Å². The van der Waals surface area contributed by atoms with E-state index >= 15 is 0 Å². The van der Waals surface area contributed by atoms with Crippen molar-refractivity contribution in [3.8, 4) is 0 Å². The number of ketones is 1. The zero-order valence-electron chi connectivity index (χ0n) is 15.4. The molecule has 1 aliphatic heterocycles. The fraction of sp³-hybridized carbons (Fsp3) is 0.381. The molecule has 3 rings (SSSR count). The smallest absolute Gasteiger partial charge is 0.139 e. The highest BCUT2D eigenvalue weighted by atomic mass is 16.5. The van der Waals surface area contributed by atoms with E-state index in [-0.39, 0.29) is 11.7 Å². The maximum absolute atomic E-state index is 12.6. The second-order valence-electron chi connectivity index (χ2n) is 6.51. The molecule has 1 aliphatic rings. The van der Waals surface area contributed by atoms with Gasteiger partial charge >= 0.3 is 0 Å². The summed E-state index contributed by atoms with van der Waals surface area (Å²) in [5.41, 5.74) is 4.12. The highest BCUT2D eigenvalue weighted by molar-refractivity contribution is 6.01. The number of carbonyl (C=O) groups is 1. The predicted octanol–water partition coefficient (Wildman–Crippen LogP) is 2.88. The van der Waals surface area contributed by atoms with E-state index in [0.29, 0.717) is 26.0 Å². The highest BCUT2D eigenvalue weighted by Gasteiger charge is 2.19. The molecule has 5 heteroatoms. The molecular weight excluding hydrogens is 326 g/mol. The van der Waals surface area contributed by atoms with E-state index in [1.54, 1.807) is 7.11 Å². The van der Waals surface area contributed by atoms with Gasteiger partial charge in [-0.05, 0) is 24.1 Å². The Hall–Kier alpha value is -2.53. The van der Waals surface area contributed by atoms with Crippen molar-refractivity contribution in [3.63, 3.8) is 0 Å². The molecule has 0 fully saturated rings. The Kier molecular flexibility index (Phi) is 6.12. The number of aromatic nitrogens is 1. The third-order valence-electron chi connectivity index (χ3n) is 4.54. The van der Waals surface area contributed by atoms with Gasteiger partial charge in [-0.2, -0.15) is 0 Å². The first-order chi connectivity index (χ1) is 12.7.